The van der Waals surface area contributed by atoms with Gasteiger partial charge in [-0.1, -0.05) is 23.2 Å². The highest BCUT2D eigenvalue weighted by atomic mass is 35.5. The second kappa shape index (κ2) is 4.22. The molecule has 10 heavy (non-hydrogen) atoms. The smallest absolute Gasteiger partial charge is 0.0432 e. The minimum absolute atomic E-state index is 0.0973. The van der Waals surface area contributed by atoms with Crippen molar-refractivity contribution in [2.75, 3.05) is 6.54 Å². The van der Waals surface area contributed by atoms with Gasteiger partial charge >= 0.3 is 0 Å². The lowest BCUT2D eigenvalue weighted by molar-refractivity contribution is 0.448. The molecule has 1 N–H and O–H groups in total. The summed E-state index contributed by atoms with van der Waals surface area (Å²) in [5, 5.41) is 3.82. The monoisotopic (exact) mass is 181 g/mol. The Labute approximate surface area is 72.4 Å². The van der Waals surface area contributed by atoms with Crippen LogP contribution < -0.4 is 5.32 Å². The summed E-state index contributed by atoms with van der Waals surface area (Å²) in [5.74, 6) is 0. The van der Waals surface area contributed by atoms with Gasteiger partial charge in [-0.05, 0) is 20.8 Å². The summed E-state index contributed by atoms with van der Waals surface area (Å²) in [6.07, 6.45) is 0. The third-order valence-corrected chi connectivity index (χ3v) is 1.52. The van der Waals surface area contributed by atoms with Gasteiger partial charge < -0.3 is 5.32 Å². The Bertz CT molecular complexity index is 124. The molecule has 0 saturated heterocycles. The van der Waals surface area contributed by atoms with Crippen LogP contribution in [0.4, 0.5) is 0 Å². The third-order valence-electron chi connectivity index (χ3n) is 0.906. The molecule has 0 aliphatic heterocycles. The van der Waals surface area contributed by atoms with E-state index in [1.165, 1.54) is 5.54 Å². The molecule has 0 aliphatic rings. The highest BCUT2D eigenvalue weighted by molar-refractivity contribution is 6.36. The van der Waals surface area contributed by atoms with Crippen molar-refractivity contribution in [1.29, 1.82) is 0 Å². The largest absolute Gasteiger partial charge is 0.307 e. The molecular weight excluding hydrogens is 169 g/mol. The zero-order chi connectivity index (χ0) is 8.20. The van der Waals surface area contributed by atoms with Gasteiger partial charge in [-0.3, -0.25) is 0 Å². The number of hydrogen-bond donors (Lipinski definition) is 1. The summed E-state index contributed by atoms with van der Waals surface area (Å²) in [5.41, 5.74) is 1.47. The Hall–Kier alpha value is 0.280. The molecule has 0 heterocycles. The van der Waals surface area contributed by atoms with Crippen molar-refractivity contribution in [2.45, 2.75) is 26.3 Å². The lowest BCUT2D eigenvalue weighted by atomic mass is 10.1. The van der Waals surface area contributed by atoms with Crippen LogP contribution in [-0.2, 0) is 0 Å². The Kier molecular flexibility index (Phi) is 4.34. The molecule has 0 saturated carbocycles. The van der Waals surface area contributed by atoms with Gasteiger partial charge in [0.1, 0.15) is 0 Å². The Morgan fingerprint density at radius 2 is 2.00 bits per heavy atom. The maximum absolute atomic E-state index is 5.64. The van der Waals surface area contributed by atoms with E-state index >= 15 is 0 Å². The van der Waals surface area contributed by atoms with Crippen molar-refractivity contribution in [3.05, 3.63) is 10.6 Å². The van der Waals surface area contributed by atoms with E-state index in [2.05, 4.69) is 26.1 Å². The number of rotatable bonds is 2. The van der Waals surface area contributed by atoms with E-state index < -0.39 is 0 Å². The van der Waals surface area contributed by atoms with Crippen molar-refractivity contribution < 1.29 is 0 Å². The van der Waals surface area contributed by atoms with Crippen molar-refractivity contribution in [1.82, 2.24) is 5.32 Å². The first-order valence-electron chi connectivity index (χ1n) is 3.15. The minimum atomic E-state index is 0.0973. The predicted molar refractivity (Wildman–Crippen MR) is 47.5 cm³/mol. The summed E-state index contributed by atoms with van der Waals surface area (Å²) in [7, 11) is 0. The lowest BCUT2D eigenvalue weighted by Crippen LogP contribution is -2.36. The number of hydrogen-bond acceptors (Lipinski definition) is 1. The van der Waals surface area contributed by atoms with Gasteiger partial charge in [0.2, 0.25) is 0 Å². The van der Waals surface area contributed by atoms with Crippen molar-refractivity contribution in [3.8, 4) is 0 Å². The molecule has 60 valence electrons. The molecule has 0 radical (unpaired) electrons. The van der Waals surface area contributed by atoms with Gasteiger partial charge in [0.15, 0.2) is 0 Å². The number of halogens is 2. The molecule has 0 atom stereocenters. The average Bonchev–Trinajstić information content (AvgIpc) is 1.81. The van der Waals surface area contributed by atoms with Crippen LogP contribution in [0.5, 0.6) is 0 Å². The maximum atomic E-state index is 5.64. The zero-order valence-electron chi connectivity index (χ0n) is 6.54. The first-order chi connectivity index (χ1) is 4.45. The van der Waals surface area contributed by atoms with E-state index in [0.717, 1.165) is 0 Å². The van der Waals surface area contributed by atoms with Gasteiger partial charge in [0.05, 0.1) is 0 Å². The normalized spacial score (nSPS) is 13.9. The quantitative estimate of drug-likeness (QED) is 0.692. The predicted octanol–water partition coefficient (Wildman–Crippen LogP) is 2.69. The molecular formula is C7H13Cl2N. The van der Waals surface area contributed by atoms with Crippen molar-refractivity contribution in [3.63, 3.8) is 0 Å². The van der Waals surface area contributed by atoms with Gasteiger partial charge in [-0.15, -0.1) is 0 Å². The van der Waals surface area contributed by atoms with E-state index in [0.29, 0.717) is 11.6 Å². The second-order valence-electron chi connectivity index (χ2n) is 3.16. The standard InChI is InChI=1S/C7H13Cl2N/c1-7(2,3)10-5-6(9)4-8/h4,10H,5H2,1-3H3/b6-4-. The first-order valence-corrected chi connectivity index (χ1v) is 3.97. The maximum Gasteiger partial charge on any atom is 0.0432 e. The minimum Gasteiger partial charge on any atom is -0.307 e. The van der Waals surface area contributed by atoms with Crippen LogP contribution in [0, 0.1) is 0 Å². The van der Waals surface area contributed by atoms with E-state index in [1.54, 1.807) is 0 Å². The fourth-order valence-corrected chi connectivity index (χ4v) is 0.532. The molecule has 0 rings (SSSR count). The van der Waals surface area contributed by atoms with E-state index in [1.807, 2.05) is 0 Å². The van der Waals surface area contributed by atoms with Crippen molar-refractivity contribution in [2.24, 2.45) is 0 Å². The van der Waals surface area contributed by atoms with Gasteiger partial charge in [-0.2, -0.15) is 0 Å². The van der Waals surface area contributed by atoms with Crippen LogP contribution in [-0.4, -0.2) is 12.1 Å². The van der Waals surface area contributed by atoms with Crippen LogP contribution >= 0.6 is 23.2 Å². The molecule has 0 amide bonds. The molecule has 0 bridgehead atoms. The van der Waals surface area contributed by atoms with Crippen LogP contribution in [0.25, 0.3) is 0 Å². The van der Waals surface area contributed by atoms with E-state index in [4.69, 9.17) is 23.2 Å². The Morgan fingerprint density at radius 3 is 2.30 bits per heavy atom. The van der Waals surface area contributed by atoms with E-state index in [9.17, 15) is 0 Å². The van der Waals surface area contributed by atoms with Crippen LogP contribution in [0.3, 0.4) is 0 Å². The molecule has 0 unspecified atom stereocenters. The highest BCUT2D eigenvalue weighted by Gasteiger charge is 2.07. The molecule has 0 aromatic carbocycles. The lowest BCUT2D eigenvalue weighted by Gasteiger charge is -2.19. The van der Waals surface area contributed by atoms with Gasteiger partial charge in [0.25, 0.3) is 0 Å². The molecule has 0 aromatic heterocycles. The topological polar surface area (TPSA) is 12.0 Å². The van der Waals surface area contributed by atoms with Crippen LogP contribution in [0.2, 0.25) is 0 Å². The third kappa shape index (κ3) is 6.40. The van der Waals surface area contributed by atoms with Gasteiger partial charge in [0, 0.05) is 22.7 Å². The second-order valence-corrected chi connectivity index (χ2v) is 3.86. The Morgan fingerprint density at radius 1 is 1.50 bits per heavy atom. The molecule has 0 aromatic rings. The molecule has 0 aliphatic carbocycles. The average molecular weight is 182 g/mol. The SMILES string of the molecule is CC(C)(C)NC/C(Cl)=C/Cl. The zero-order valence-corrected chi connectivity index (χ0v) is 8.05. The molecule has 3 heteroatoms. The Balaban J connectivity index is 3.56. The molecule has 0 spiro atoms. The summed E-state index contributed by atoms with van der Waals surface area (Å²) < 4.78 is 0. The van der Waals surface area contributed by atoms with E-state index in [-0.39, 0.29) is 5.54 Å². The van der Waals surface area contributed by atoms with Crippen LogP contribution in [0.1, 0.15) is 20.8 Å². The summed E-state index contributed by atoms with van der Waals surface area (Å²) in [6.45, 7) is 6.86. The first kappa shape index (κ1) is 10.3. The fourth-order valence-electron chi connectivity index (χ4n) is 0.388. The van der Waals surface area contributed by atoms with Gasteiger partial charge in [-0.25, -0.2) is 0 Å². The summed E-state index contributed by atoms with van der Waals surface area (Å²) in [6, 6.07) is 0. The fraction of sp³-hybridized carbons (Fsp3) is 0.714. The molecule has 0 fully saturated rings. The summed E-state index contributed by atoms with van der Waals surface area (Å²) >= 11 is 11.0. The van der Waals surface area contributed by atoms with Crippen molar-refractivity contribution >= 4 is 23.2 Å². The molecule has 1 nitrogen and oxygen atoms in total. The highest BCUT2D eigenvalue weighted by Crippen LogP contribution is 2.04. The summed E-state index contributed by atoms with van der Waals surface area (Å²) in [4.78, 5) is 0. The van der Waals surface area contributed by atoms with Crippen LogP contribution in [0.15, 0.2) is 10.6 Å². The number of nitrogens with one attached hydrogen (secondary N) is 1.